The minimum absolute atomic E-state index is 0.878. The first-order valence-electron chi connectivity index (χ1n) is 4.07. The predicted octanol–water partition coefficient (Wildman–Crippen LogP) is 1.81. The highest BCUT2D eigenvalue weighted by atomic mass is 35.5. The van der Waals surface area contributed by atoms with Crippen molar-refractivity contribution in [2.45, 2.75) is 0 Å². The molecule has 2 nitrogen and oxygen atoms in total. The van der Waals surface area contributed by atoms with Crippen LogP contribution in [0.5, 0.6) is 0 Å². The van der Waals surface area contributed by atoms with Gasteiger partial charge in [-0.15, -0.1) is 11.3 Å². The monoisotopic (exact) mass is 202 g/mol. The molecular formula is C8H11ClN2S. The van der Waals surface area contributed by atoms with Crippen LogP contribution in [-0.2, 0) is 0 Å². The molecule has 1 fully saturated rings. The molecule has 0 radical (unpaired) electrons. The van der Waals surface area contributed by atoms with Crippen LogP contribution >= 0.6 is 22.9 Å². The van der Waals surface area contributed by atoms with Crippen molar-refractivity contribution in [1.82, 2.24) is 5.32 Å². The van der Waals surface area contributed by atoms with Gasteiger partial charge in [0.1, 0.15) is 0 Å². The Morgan fingerprint density at radius 3 is 2.67 bits per heavy atom. The van der Waals surface area contributed by atoms with Gasteiger partial charge in [-0.2, -0.15) is 0 Å². The summed E-state index contributed by atoms with van der Waals surface area (Å²) in [5.41, 5.74) is 0. The summed E-state index contributed by atoms with van der Waals surface area (Å²) in [6.45, 7) is 4.35. The number of rotatable bonds is 1. The van der Waals surface area contributed by atoms with Gasteiger partial charge in [0.2, 0.25) is 0 Å². The van der Waals surface area contributed by atoms with Gasteiger partial charge in [-0.25, -0.2) is 0 Å². The van der Waals surface area contributed by atoms with Crippen LogP contribution in [-0.4, -0.2) is 26.2 Å². The lowest BCUT2D eigenvalue weighted by Crippen LogP contribution is -2.43. The van der Waals surface area contributed by atoms with Crippen molar-refractivity contribution in [2.24, 2.45) is 0 Å². The Hall–Kier alpha value is -0.250. The number of nitrogens with one attached hydrogen (secondary N) is 1. The molecule has 0 amide bonds. The molecule has 0 aromatic carbocycles. The highest BCUT2D eigenvalue weighted by Crippen LogP contribution is 2.29. The van der Waals surface area contributed by atoms with Crippen molar-refractivity contribution in [3.05, 3.63) is 16.5 Å². The second kappa shape index (κ2) is 3.64. The van der Waals surface area contributed by atoms with Gasteiger partial charge in [0.15, 0.2) is 0 Å². The molecule has 1 aliphatic heterocycles. The third-order valence-corrected chi connectivity index (χ3v) is 3.28. The molecule has 4 heteroatoms. The molecule has 2 heterocycles. The second-order valence-electron chi connectivity index (χ2n) is 2.81. The van der Waals surface area contributed by atoms with Gasteiger partial charge in [0.25, 0.3) is 0 Å². The molecule has 1 saturated heterocycles. The number of thiophene rings is 1. The maximum Gasteiger partial charge on any atom is 0.0950 e. The first kappa shape index (κ1) is 8.35. The minimum atomic E-state index is 0.878. The molecule has 0 unspecified atom stereocenters. The number of halogens is 1. The van der Waals surface area contributed by atoms with Gasteiger partial charge in [-0.05, 0) is 12.1 Å². The highest BCUT2D eigenvalue weighted by molar-refractivity contribution is 7.19. The van der Waals surface area contributed by atoms with Gasteiger partial charge in [0.05, 0.1) is 9.34 Å². The Bertz CT molecular complexity index is 255. The average Bonchev–Trinajstić information content (AvgIpc) is 2.54. The zero-order valence-corrected chi connectivity index (χ0v) is 8.29. The molecule has 1 N–H and O–H groups in total. The molecule has 0 atom stereocenters. The zero-order chi connectivity index (χ0) is 8.39. The van der Waals surface area contributed by atoms with Crippen LogP contribution < -0.4 is 10.2 Å². The quantitative estimate of drug-likeness (QED) is 0.748. The third-order valence-electron chi connectivity index (χ3n) is 1.99. The van der Waals surface area contributed by atoms with Crippen molar-refractivity contribution in [3.8, 4) is 0 Å². The fourth-order valence-corrected chi connectivity index (χ4v) is 2.44. The zero-order valence-electron chi connectivity index (χ0n) is 6.72. The SMILES string of the molecule is Clc1ccc(N2CCNCC2)s1. The van der Waals surface area contributed by atoms with Crippen molar-refractivity contribution in [3.63, 3.8) is 0 Å². The van der Waals surface area contributed by atoms with E-state index < -0.39 is 0 Å². The van der Waals surface area contributed by atoms with Crippen molar-refractivity contribution < 1.29 is 0 Å². The summed E-state index contributed by atoms with van der Waals surface area (Å²) in [6.07, 6.45) is 0. The molecule has 66 valence electrons. The predicted molar refractivity (Wildman–Crippen MR) is 54.4 cm³/mol. The highest BCUT2D eigenvalue weighted by Gasteiger charge is 2.11. The minimum Gasteiger partial charge on any atom is -0.361 e. The summed E-state index contributed by atoms with van der Waals surface area (Å²) in [5, 5.41) is 4.61. The smallest absolute Gasteiger partial charge is 0.0950 e. The lowest BCUT2D eigenvalue weighted by Gasteiger charge is -2.27. The summed E-state index contributed by atoms with van der Waals surface area (Å²) in [7, 11) is 0. The Morgan fingerprint density at radius 1 is 1.33 bits per heavy atom. The van der Waals surface area contributed by atoms with Crippen LogP contribution in [0.1, 0.15) is 0 Å². The summed E-state index contributed by atoms with van der Waals surface area (Å²) < 4.78 is 0.878. The topological polar surface area (TPSA) is 15.3 Å². The Kier molecular flexibility index (Phi) is 2.54. The Morgan fingerprint density at radius 2 is 2.08 bits per heavy atom. The van der Waals surface area contributed by atoms with Crippen LogP contribution in [0.25, 0.3) is 0 Å². The van der Waals surface area contributed by atoms with E-state index in [1.54, 1.807) is 11.3 Å². The van der Waals surface area contributed by atoms with Gasteiger partial charge in [-0.3, -0.25) is 0 Å². The van der Waals surface area contributed by atoms with Crippen molar-refractivity contribution in [2.75, 3.05) is 31.1 Å². The molecule has 1 aromatic heterocycles. The normalized spacial score (nSPS) is 18.2. The molecule has 2 rings (SSSR count). The van der Waals surface area contributed by atoms with Crippen LogP contribution in [0.2, 0.25) is 4.34 Å². The third kappa shape index (κ3) is 1.73. The molecule has 0 bridgehead atoms. The summed E-state index contributed by atoms with van der Waals surface area (Å²) in [5.74, 6) is 0. The molecule has 0 saturated carbocycles. The van der Waals surface area contributed by atoms with E-state index in [0.29, 0.717) is 0 Å². The number of anilines is 1. The second-order valence-corrected chi connectivity index (χ2v) is 4.51. The fraction of sp³-hybridized carbons (Fsp3) is 0.500. The van der Waals surface area contributed by atoms with Crippen LogP contribution in [0.15, 0.2) is 12.1 Å². The lowest BCUT2D eigenvalue weighted by molar-refractivity contribution is 0.592. The van der Waals surface area contributed by atoms with E-state index in [1.165, 1.54) is 5.00 Å². The van der Waals surface area contributed by atoms with Gasteiger partial charge < -0.3 is 10.2 Å². The average molecular weight is 203 g/mol. The largest absolute Gasteiger partial charge is 0.361 e. The van der Waals surface area contributed by atoms with E-state index in [9.17, 15) is 0 Å². The molecule has 0 spiro atoms. The van der Waals surface area contributed by atoms with Gasteiger partial charge in [0, 0.05) is 26.2 Å². The van der Waals surface area contributed by atoms with Crippen molar-refractivity contribution >= 4 is 27.9 Å². The first-order chi connectivity index (χ1) is 5.86. The van der Waals surface area contributed by atoms with Gasteiger partial charge in [-0.1, -0.05) is 11.6 Å². The summed E-state index contributed by atoms with van der Waals surface area (Å²) >= 11 is 7.51. The Labute approximate surface area is 81.1 Å². The van der Waals surface area contributed by atoms with Crippen molar-refractivity contribution in [1.29, 1.82) is 0 Å². The fourth-order valence-electron chi connectivity index (χ4n) is 1.36. The van der Waals surface area contributed by atoms with E-state index in [1.807, 2.05) is 6.07 Å². The molecule has 1 aliphatic rings. The number of nitrogens with zero attached hydrogens (tertiary/aromatic N) is 1. The van der Waals surface area contributed by atoms with Gasteiger partial charge >= 0.3 is 0 Å². The van der Waals surface area contributed by atoms with E-state index >= 15 is 0 Å². The summed E-state index contributed by atoms with van der Waals surface area (Å²) in [4.78, 5) is 2.37. The lowest BCUT2D eigenvalue weighted by atomic mass is 10.4. The molecule has 12 heavy (non-hydrogen) atoms. The maximum absolute atomic E-state index is 5.86. The van der Waals surface area contributed by atoms with E-state index in [0.717, 1.165) is 30.5 Å². The molecular weight excluding hydrogens is 192 g/mol. The Balaban J connectivity index is 2.08. The van der Waals surface area contributed by atoms with Crippen LogP contribution in [0.3, 0.4) is 0 Å². The molecule has 0 aliphatic carbocycles. The van der Waals surface area contributed by atoms with E-state index in [4.69, 9.17) is 11.6 Å². The first-order valence-corrected chi connectivity index (χ1v) is 5.27. The summed E-state index contributed by atoms with van der Waals surface area (Å²) in [6, 6.07) is 4.06. The van der Waals surface area contributed by atoms with Crippen LogP contribution in [0.4, 0.5) is 5.00 Å². The van der Waals surface area contributed by atoms with E-state index in [2.05, 4.69) is 16.3 Å². The number of hydrogen-bond donors (Lipinski definition) is 1. The number of piperazine rings is 1. The van der Waals surface area contributed by atoms with E-state index in [-0.39, 0.29) is 0 Å². The standard InChI is InChI=1S/C8H11ClN2S/c9-7-1-2-8(12-7)11-5-3-10-4-6-11/h1-2,10H,3-6H2. The van der Waals surface area contributed by atoms with Crippen LogP contribution in [0, 0.1) is 0 Å². The number of hydrogen-bond acceptors (Lipinski definition) is 3. The maximum atomic E-state index is 5.86. The molecule has 1 aromatic rings.